The summed E-state index contributed by atoms with van der Waals surface area (Å²) in [5.74, 6) is -1.28. The third-order valence-corrected chi connectivity index (χ3v) is 4.45. The zero-order chi connectivity index (χ0) is 13.7. The van der Waals surface area contributed by atoms with E-state index in [0.717, 1.165) is 5.56 Å². The lowest BCUT2D eigenvalue weighted by atomic mass is 9.82. The Kier molecular flexibility index (Phi) is 2.69. The number of hydrogen-bond donors (Lipinski definition) is 0. The zero-order valence-electron chi connectivity index (χ0n) is 11.4. The molecule has 4 heteroatoms. The topological polar surface area (TPSA) is 44.8 Å². The lowest BCUT2D eigenvalue weighted by Crippen LogP contribution is -2.42. The lowest BCUT2D eigenvalue weighted by molar-refractivity contribution is -0.247. The minimum absolute atomic E-state index is 0.238. The van der Waals surface area contributed by atoms with E-state index in [4.69, 9.17) is 14.2 Å². The van der Waals surface area contributed by atoms with Crippen LogP contribution >= 0.6 is 0 Å². The third kappa shape index (κ3) is 1.63. The molecule has 0 aromatic heterocycles. The van der Waals surface area contributed by atoms with Gasteiger partial charge in [0.1, 0.15) is 5.60 Å². The van der Waals surface area contributed by atoms with Crippen molar-refractivity contribution in [3.05, 3.63) is 35.4 Å². The number of hydrogen-bond acceptors (Lipinski definition) is 4. The van der Waals surface area contributed by atoms with E-state index in [-0.39, 0.29) is 11.9 Å². The minimum atomic E-state index is -0.706. The molecule has 2 bridgehead atoms. The minimum Gasteiger partial charge on any atom is -0.469 e. The van der Waals surface area contributed by atoms with Gasteiger partial charge in [0.2, 0.25) is 0 Å². The van der Waals surface area contributed by atoms with E-state index in [1.807, 2.05) is 25.1 Å². The van der Waals surface area contributed by atoms with Crippen LogP contribution in [0.1, 0.15) is 24.5 Å². The maximum atomic E-state index is 12.1. The first kappa shape index (κ1) is 12.6. The molecular formula is C15H18O4. The van der Waals surface area contributed by atoms with Gasteiger partial charge in [-0.2, -0.15) is 0 Å². The Morgan fingerprint density at radius 1 is 1.37 bits per heavy atom. The van der Waals surface area contributed by atoms with E-state index in [1.165, 1.54) is 12.7 Å². The number of benzene rings is 1. The molecule has 0 aliphatic carbocycles. The van der Waals surface area contributed by atoms with Crippen LogP contribution < -0.4 is 0 Å². The van der Waals surface area contributed by atoms with Crippen molar-refractivity contribution >= 4 is 5.97 Å². The zero-order valence-corrected chi connectivity index (χ0v) is 11.4. The van der Waals surface area contributed by atoms with Crippen molar-refractivity contribution in [1.82, 2.24) is 0 Å². The lowest BCUT2D eigenvalue weighted by Gasteiger charge is -2.39. The predicted octanol–water partition coefficient (Wildman–Crippen LogP) is 2.01. The Hall–Kier alpha value is -1.39. The van der Waals surface area contributed by atoms with E-state index in [2.05, 4.69) is 6.07 Å². The second-order valence-corrected chi connectivity index (χ2v) is 5.44. The van der Waals surface area contributed by atoms with Gasteiger partial charge in [-0.1, -0.05) is 24.3 Å². The molecule has 0 amide bonds. The summed E-state index contributed by atoms with van der Waals surface area (Å²) < 4.78 is 16.7. The van der Waals surface area contributed by atoms with Gasteiger partial charge in [-0.15, -0.1) is 0 Å². The molecule has 1 saturated heterocycles. The highest BCUT2D eigenvalue weighted by atomic mass is 16.7. The average Bonchev–Trinajstić information content (AvgIpc) is 2.68. The molecule has 0 unspecified atom stereocenters. The number of ether oxygens (including phenoxy) is 3. The first-order valence-electron chi connectivity index (χ1n) is 6.46. The van der Waals surface area contributed by atoms with Gasteiger partial charge in [0.05, 0.1) is 13.0 Å². The Bertz CT molecular complexity index is 527. The molecule has 2 heterocycles. The van der Waals surface area contributed by atoms with Crippen LogP contribution in [-0.4, -0.2) is 26.0 Å². The summed E-state index contributed by atoms with van der Waals surface area (Å²) >= 11 is 0. The average molecular weight is 262 g/mol. The molecule has 1 aromatic carbocycles. The van der Waals surface area contributed by atoms with E-state index in [1.54, 1.807) is 7.11 Å². The molecule has 4 nitrogen and oxygen atoms in total. The molecule has 3 atom stereocenters. The Morgan fingerprint density at radius 2 is 2.11 bits per heavy atom. The summed E-state index contributed by atoms with van der Waals surface area (Å²) in [5, 5.41) is 0. The SMILES string of the molecule is COC(=O)[C@@H]1C[C@@]2(OC)Cc3ccccc3[C@]1(C)O2. The molecular weight excluding hydrogens is 244 g/mol. The summed E-state index contributed by atoms with van der Waals surface area (Å²) in [4.78, 5) is 12.1. The van der Waals surface area contributed by atoms with Gasteiger partial charge < -0.3 is 14.2 Å². The van der Waals surface area contributed by atoms with Gasteiger partial charge in [0.25, 0.3) is 0 Å². The maximum absolute atomic E-state index is 12.1. The Balaban J connectivity index is 2.14. The van der Waals surface area contributed by atoms with Crippen LogP contribution in [0.3, 0.4) is 0 Å². The second kappa shape index (κ2) is 4.05. The molecule has 3 rings (SSSR count). The van der Waals surface area contributed by atoms with E-state index < -0.39 is 11.4 Å². The standard InChI is InChI=1S/C15H18O4/c1-14-11-7-5-4-6-10(11)8-15(18-3,19-14)9-12(14)13(16)17-2/h4-7,12H,8-9H2,1-3H3/t12-,14-,15+/m0/s1. The highest BCUT2D eigenvalue weighted by molar-refractivity contribution is 5.75. The molecule has 0 saturated carbocycles. The molecule has 0 radical (unpaired) electrons. The first-order valence-corrected chi connectivity index (χ1v) is 6.46. The number of carbonyl (C=O) groups is 1. The van der Waals surface area contributed by atoms with Gasteiger partial charge in [-0.3, -0.25) is 4.79 Å². The number of rotatable bonds is 2. The van der Waals surface area contributed by atoms with Crippen molar-refractivity contribution in [2.75, 3.05) is 14.2 Å². The molecule has 2 aliphatic heterocycles. The summed E-state index contributed by atoms with van der Waals surface area (Å²) in [7, 11) is 3.05. The predicted molar refractivity (Wildman–Crippen MR) is 68.4 cm³/mol. The number of carbonyl (C=O) groups excluding carboxylic acids is 1. The van der Waals surface area contributed by atoms with Crippen LogP contribution in [-0.2, 0) is 31.0 Å². The van der Waals surface area contributed by atoms with Gasteiger partial charge in [0.15, 0.2) is 5.79 Å². The Labute approximate surface area is 112 Å². The van der Waals surface area contributed by atoms with Crippen molar-refractivity contribution < 1.29 is 19.0 Å². The van der Waals surface area contributed by atoms with Crippen LogP contribution in [0.4, 0.5) is 0 Å². The normalized spacial score (nSPS) is 35.8. The van der Waals surface area contributed by atoms with Crippen molar-refractivity contribution in [3.8, 4) is 0 Å². The van der Waals surface area contributed by atoms with Crippen molar-refractivity contribution in [3.63, 3.8) is 0 Å². The largest absolute Gasteiger partial charge is 0.469 e. The molecule has 2 aliphatic rings. The van der Waals surface area contributed by atoms with Crippen molar-refractivity contribution in [1.29, 1.82) is 0 Å². The van der Waals surface area contributed by atoms with E-state index in [9.17, 15) is 4.79 Å². The van der Waals surface area contributed by atoms with Crippen molar-refractivity contribution in [2.24, 2.45) is 5.92 Å². The fraction of sp³-hybridized carbons (Fsp3) is 0.533. The highest BCUT2D eigenvalue weighted by Gasteiger charge is 2.61. The number of methoxy groups -OCH3 is 2. The van der Waals surface area contributed by atoms with E-state index >= 15 is 0 Å². The highest BCUT2D eigenvalue weighted by Crippen LogP contribution is 2.55. The Morgan fingerprint density at radius 3 is 2.79 bits per heavy atom. The molecule has 0 N–H and O–H groups in total. The summed E-state index contributed by atoms with van der Waals surface area (Å²) in [6.07, 6.45) is 1.20. The summed E-state index contributed by atoms with van der Waals surface area (Å²) in [5.41, 5.74) is 1.58. The molecule has 0 spiro atoms. The number of fused-ring (bicyclic) bond motifs is 4. The molecule has 1 fully saturated rings. The monoisotopic (exact) mass is 262 g/mol. The fourth-order valence-electron chi connectivity index (χ4n) is 3.45. The van der Waals surface area contributed by atoms with Crippen LogP contribution in [0.15, 0.2) is 24.3 Å². The summed E-state index contributed by atoms with van der Waals surface area (Å²) in [6, 6.07) is 8.07. The van der Waals surface area contributed by atoms with Gasteiger partial charge >= 0.3 is 5.97 Å². The van der Waals surface area contributed by atoms with Crippen molar-refractivity contribution in [2.45, 2.75) is 31.2 Å². The van der Waals surface area contributed by atoms with Crippen LogP contribution in [0.25, 0.3) is 0 Å². The third-order valence-electron chi connectivity index (χ3n) is 4.45. The van der Waals surface area contributed by atoms with Gasteiger partial charge in [0, 0.05) is 20.0 Å². The molecule has 1 aromatic rings. The van der Waals surface area contributed by atoms with E-state index in [0.29, 0.717) is 12.8 Å². The molecule has 102 valence electrons. The smallest absolute Gasteiger partial charge is 0.312 e. The van der Waals surface area contributed by atoms with Gasteiger partial charge in [-0.05, 0) is 18.1 Å². The quantitative estimate of drug-likeness (QED) is 0.765. The maximum Gasteiger partial charge on any atom is 0.312 e. The second-order valence-electron chi connectivity index (χ2n) is 5.44. The first-order chi connectivity index (χ1) is 9.04. The fourth-order valence-corrected chi connectivity index (χ4v) is 3.45. The molecule has 19 heavy (non-hydrogen) atoms. The number of esters is 1. The van der Waals surface area contributed by atoms with Gasteiger partial charge in [-0.25, -0.2) is 0 Å². The summed E-state index contributed by atoms with van der Waals surface area (Å²) in [6.45, 7) is 1.95. The van der Waals surface area contributed by atoms with Crippen LogP contribution in [0, 0.1) is 5.92 Å². The van der Waals surface area contributed by atoms with Crippen LogP contribution in [0.2, 0.25) is 0 Å². The van der Waals surface area contributed by atoms with Crippen LogP contribution in [0.5, 0.6) is 0 Å².